The van der Waals surface area contributed by atoms with Crippen molar-refractivity contribution < 1.29 is 9.53 Å². The number of aryl methyl sites for hydroxylation is 1. The van der Waals surface area contributed by atoms with Gasteiger partial charge in [0.05, 0.1) is 31.0 Å². The zero-order valence-electron chi connectivity index (χ0n) is 18.0. The lowest BCUT2D eigenvalue weighted by molar-refractivity contribution is -0.0361. The van der Waals surface area contributed by atoms with Crippen molar-refractivity contribution in [2.24, 2.45) is 0 Å². The van der Waals surface area contributed by atoms with Crippen LogP contribution in [0.2, 0.25) is 10.2 Å². The Hall–Kier alpha value is -1.60. The van der Waals surface area contributed by atoms with Crippen LogP contribution in [0, 0.1) is 6.92 Å². The standard InChI is InChI=1S/C23H30Cl2N4O2/c1-17-20(21(25)29(27-17)15-18-7-3-4-8-19(18)24)22(30)26-16-23(9-5-2-6-10-23)28-11-13-31-14-12-28/h3-4,7-8H,2,5-6,9-16H2,1H3,(H,26,30). The van der Waals surface area contributed by atoms with Crippen LogP contribution in [0.4, 0.5) is 0 Å². The highest BCUT2D eigenvalue weighted by molar-refractivity contribution is 6.33. The van der Waals surface area contributed by atoms with Gasteiger partial charge >= 0.3 is 0 Å². The largest absolute Gasteiger partial charge is 0.379 e. The first-order valence-corrected chi connectivity index (χ1v) is 11.8. The van der Waals surface area contributed by atoms with E-state index >= 15 is 0 Å². The molecule has 1 amide bonds. The minimum atomic E-state index is -0.161. The molecule has 1 saturated heterocycles. The number of aromatic nitrogens is 2. The summed E-state index contributed by atoms with van der Waals surface area (Å²) in [5.41, 5.74) is 1.99. The second-order valence-electron chi connectivity index (χ2n) is 8.57. The van der Waals surface area contributed by atoms with Crippen molar-refractivity contribution in [3.8, 4) is 0 Å². The average Bonchev–Trinajstić information content (AvgIpc) is 3.08. The number of ether oxygens (including phenoxy) is 1. The van der Waals surface area contributed by atoms with Gasteiger partial charge in [0.1, 0.15) is 5.15 Å². The van der Waals surface area contributed by atoms with E-state index in [1.165, 1.54) is 19.3 Å². The Bertz CT molecular complexity index is 918. The Balaban J connectivity index is 1.49. The number of hydrogen-bond acceptors (Lipinski definition) is 4. The number of carbonyl (C=O) groups excluding carboxylic acids is 1. The molecule has 0 bridgehead atoms. The number of nitrogens with one attached hydrogen (secondary N) is 1. The van der Waals surface area contributed by atoms with E-state index in [-0.39, 0.29) is 11.4 Å². The third-order valence-electron chi connectivity index (χ3n) is 6.61. The van der Waals surface area contributed by atoms with Crippen molar-refractivity contribution in [3.63, 3.8) is 0 Å². The quantitative estimate of drug-likeness (QED) is 0.691. The van der Waals surface area contributed by atoms with Crippen LogP contribution < -0.4 is 5.32 Å². The zero-order valence-corrected chi connectivity index (χ0v) is 19.5. The summed E-state index contributed by atoms with van der Waals surface area (Å²) in [5, 5.41) is 8.70. The second-order valence-corrected chi connectivity index (χ2v) is 9.33. The van der Waals surface area contributed by atoms with Gasteiger partial charge in [-0.3, -0.25) is 9.69 Å². The first kappa shape index (κ1) is 22.6. The number of halogens is 2. The summed E-state index contributed by atoms with van der Waals surface area (Å²) in [6.07, 6.45) is 5.86. The van der Waals surface area contributed by atoms with Crippen LogP contribution in [0.25, 0.3) is 0 Å². The predicted octanol–water partition coefficient (Wildman–Crippen LogP) is 4.31. The number of nitrogens with zero attached hydrogens (tertiary/aromatic N) is 3. The molecule has 0 atom stereocenters. The molecule has 168 valence electrons. The Morgan fingerprint density at radius 3 is 2.58 bits per heavy atom. The maximum Gasteiger partial charge on any atom is 0.256 e. The van der Waals surface area contributed by atoms with Crippen molar-refractivity contribution in [1.29, 1.82) is 0 Å². The van der Waals surface area contributed by atoms with E-state index in [9.17, 15) is 4.79 Å². The summed E-state index contributed by atoms with van der Waals surface area (Å²) in [7, 11) is 0. The highest BCUT2D eigenvalue weighted by atomic mass is 35.5. The summed E-state index contributed by atoms with van der Waals surface area (Å²) < 4.78 is 7.20. The first-order valence-electron chi connectivity index (χ1n) is 11.1. The minimum Gasteiger partial charge on any atom is -0.379 e. The predicted molar refractivity (Wildman–Crippen MR) is 123 cm³/mol. The molecule has 1 N–H and O–H groups in total. The van der Waals surface area contributed by atoms with Crippen LogP contribution in [0.5, 0.6) is 0 Å². The molecule has 1 aliphatic carbocycles. The van der Waals surface area contributed by atoms with Crippen molar-refractivity contribution in [3.05, 3.63) is 51.3 Å². The van der Waals surface area contributed by atoms with E-state index in [4.69, 9.17) is 27.9 Å². The third-order valence-corrected chi connectivity index (χ3v) is 7.37. The molecule has 1 saturated carbocycles. The van der Waals surface area contributed by atoms with E-state index in [0.717, 1.165) is 44.7 Å². The van der Waals surface area contributed by atoms with Gasteiger partial charge in [-0.25, -0.2) is 4.68 Å². The summed E-state index contributed by atoms with van der Waals surface area (Å²) >= 11 is 12.9. The molecule has 2 aromatic rings. The number of carbonyl (C=O) groups is 1. The highest BCUT2D eigenvalue weighted by Crippen LogP contribution is 2.34. The maximum atomic E-state index is 13.2. The highest BCUT2D eigenvalue weighted by Gasteiger charge is 2.39. The molecule has 4 rings (SSSR count). The minimum absolute atomic E-state index is 0.00558. The van der Waals surface area contributed by atoms with Crippen molar-refractivity contribution in [2.45, 2.75) is 51.1 Å². The fourth-order valence-electron chi connectivity index (χ4n) is 4.89. The van der Waals surface area contributed by atoms with Crippen LogP contribution in [0.1, 0.15) is 53.7 Å². The molecule has 2 heterocycles. The Morgan fingerprint density at radius 1 is 1.16 bits per heavy atom. The molecular weight excluding hydrogens is 435 g/mol. The number of rotatable bonds is 6. The van der Waals surface area contributed by atoms with Gasteiger partial charge in [-0.1, -0.05) is 60.7 Å². The number of benzene rings is 1. The molecule has 2 fully saturated rings. The lowest BCUT2D eigenvalue weighted by atomic mass is 9.79. The summed E-state index contributed by atoms with van der Waals surface area (Å²) in [5.74, 6) is -0.161. The van der Waals surface area contributed by atoms with E-state index in [2.05, 4.69) is 15.3 Å². The Labute approximate surface area is 193 Å². The van der Waals surface area contributed by atoms with Gasteiger partial charge in [0.25, 0.3) is 5.91 Å². The molecule has 0 unspecified atom stereocenters. The molecule has 0 spiro atoms. The van der Waals surface area contributed by atoms with Crippen LogP contribution in [-0.4, -0.2) is 59.0 Å². The van der Waals surface area contributed by atoms with E-state index in [1.54, 1.807) is 4.68 Å². The molecule has 31 heavy (non-hydrogen) atoms. The lowest BCUT2D eigenvalue weighted by Gasteiger charge is -2.48. The average molecular weight is 465 g/mol. The number of morpholine rings is 1. The molecule has 1 aromatic heterocycles. The Morgan fingerprint density at radius 2 is 1.87 bits per heavy atom. The maximum absolute atomic E-state index is 13.2. The molecule has 6 nitrogen and oxygen atoms in total. The van der Waals surface area contributed by atoms with E-state index < -0.39 is 0 Å². The van der Waals surface area contributed by atoms with Crippen LogP contribution >= 0.6 is 23.2 Å². The van der Waals surface area contributed by atoms with Gasteiger partial charge in [0, 0.05) is 30.2 Å². The van der Waals surface area contributed by atoms with Crippen molar-refractivity contribution in [2.75, 3.05) is 32.8 Å². The third kappa shape index (κ3) is 4.92. The molecule has 1 aromatic carbocycles. The molecule has 2 aliphatic rings. The first-order chi connectivity index (χ1) is 15.0. The molecular formula is C23H30Cl2N4O2. The summed E-state index contributed by atoms with van der Waals surface area (Å²) in [6, 6.07) is 7.58. The summed E-state index contributed by atoms with van der Waals surface area (Å²) in [4.78, 5) is 15.7. The number of amides is 1. The van der Waals surface area contributed by atoms with Crippen molar-refractivity contribution >= 4 is 29.1 Å². The van der Waals surface area contributed by atoms with Gasteiger partial charge in [-0.2, -0.15) is 5.10 Å². The van der Waals surface area contributed by atoms with Gasteiger partial charge in [0.2, 0.25) is 0 Å². The van der Waals surface area contributed by atoms with Gasteiger partial charge in [0.15, 0.2) is 0 Å². The molecule has 8 heteroatoms. The summed E-state index contributed by atoms with van der Waals surface area (Å²) in [6.45, 7) is 6.23. The normalized spacial score (nSPS) is 19.3. The van der Waals surface area contributed by atoms with E-state index in [1.807, 2.05) is 31.2 Å². The fraction of sp³-hybridized carbons (Fsp3) is 0.565. The van der Waals surface area contributed by atoms with Gasteiger partial charge < -0.3 is 10.1 Å². The second kappa shape index (κ2) is 9.90. The smallest absolute Gasteiger partial charge is 0.256 e. The number of hydrogen-bond donors (Lipinski definition) is 1. The van der Waals surface area contributed by atoms with Gasteiger partial charge in [-0.15, -0.1) is 0 Å². The molecule has 1 aliphatic heterocycles. The lowest BCUT2D eigenvalue weighted by Crippen LogP contribution is -2.59. The SMILES string of the molecule is Cc1nn(Cc2ccccc2Cl)c(Cl)c1C(=O)NCC1(N2CCOCC2)CCCCC1. The Kier molecular flexibility index (Phi) is 7.22. The zero-order chi connectivity index (χ0) is 21.8. The fourth-order valence-corrected chi connectivity index (χ4v) is 5.41. The van der Waals surface area contributed by atoms with Crippen molar-refractivity contribution in [1.82, 2.24) is 20.0 Å². The van der Waals surface area contributed by atoms with E-state index in [0.29, 0.717) is 34.5 Å². The monoisotopic (exact) mass is 464 g/mol. The van der Waals surface area contributed by atoms with Crippen LogP contribution in [-0.2, 0) is 11.3 Å². The molecule has 0 radical (unpaired) electrons. The van der Waals surface area contributed by atoms with Crippen LogP contribution in [0.15, 0.2) is 24.3 Å². The van der Waals surface area contributed by atoms with Gasteiger partial charge in [-0.05, 0) is 31.4 Å². The van der Waals surface area contributed by atoms with Crippen LogP contribution in [0.3, 0.4) is 0 Å². The topological polar surface area (TPSA) is 59.4 Å².